The van der Waals surface area contributed by atoms with Gasteiger partial charge in [0, 0.05) is 24.2 Å². The molecule has 1 aromatic carbocycles. The molecule has 1 aromatic heterocycles. The van der Waals surface area contributed by atoms with Crippen LogP contribution in [0, 0.1) is 5.92 Å². The maximum absolute atomic E-state index is 14.0. The van der Waals surface area contributed by atoms with Gasteiger partial charge in [-0.2, -0.15) is 0 Å². The minimum atomic E-state index is -1.26. The summed E-state index contributed by atoms with van der Waals surface area (Å²) in [5.74, 6) is -1.45. The first kappa shape index (κ1) is 27.3. The summed E-state index contributed by atoms with van der Waals surface area (Å²) < 4.78 is 1.77. The zero-order valence-electron chi connectivity index (χ0n) is 22.6. The number of primary amides is 1. The van der Waals surface area contributed by atoms with E-state index >= 15 is 0 Å². The molecule has 0 spiro atoms. The highest BCUT2D eigenvalue weighted by molar-refractivity contribution is 6.44. The number of rotatable bonds is 9. The number of carboxylic acid groups (broad SMARTS) is 1. The number of hydrogen-bond donors (Lipinski definition) is 2. The summed E-state index contributed by atoms with van der Waals surface area (Å²) in [7, 11) is 0. The van der Waals surface area contributed by atoms with E-state index in [1.807, 2.05) is 18.2 Å². The molecular formula is C29H39N5O5. The predicted molar refractivity (Wildman–Crippen MR) is 148 cm³/mol. The van der Waals surface area contributed by atoms with Gasteiger partial charge >= 0.3 is 5.97 Å². The van der Waals surface area contributed by atoms with E-state index in [1.54, 1.807) is 10.6 Å². The second-order valence-electron chi connectivity index (χ2n) is 11.4. The summed E-state index contributed by atoms with van der Waals surface area (Å²) >= 11 is 0. The third-order valence-electron chi connectivity index (χ3n) is 8.84. The van der Waals surface area contributed by atoms with Crippen molar-refractivity contribution in [2.45, 2.75) is 102 Å². The number of carbonyl (C=O) groups excluding carboxylic acids is 1. The van der Waals surface area contributed by atoms with Crippen molar-refractivity contribution in [3.8, 4) is 0 Å². The molecule has 1 aliphatic carbocycles. The molecule has 10 heteroatoms. The van der Waals surface area contributed by atoms with E-state index in [1.165, 1.54) is 44.9 Å². The van der Waals surface area contributed by atoms with Crippen LogP contribution in [0.4, 0.5) is 0 Å². The van der Waals surface area contributed by atoms with Gasteiger partial charge in [-0.25, -0.2) is 9.78 Å². The Balaban J connectivity index is 1.50. The highest BCUT2D eigenvalue weighted by atomic mass is 16.6. The number of piperidine rings is 2. The summed E-state index contributed by atoms with van der Waals surface area (Å²) in [6.07, 6.45) is 12.9. The van der Waals surface area contributed by atoms with Gasteiger partial charge in [-0.3, -0.25) is 14.5 Å². The van der Waals surface area contributed by atoms with E-state index in [0.29, 0.717) is 29.2 Å². The van der Waals surface area contributed by atoms with Crippen molar-refractivity contribution < 1.29 is 19.5 Å². The minimum absolute atomic E-state index is 0.0557. The van der Waals surface area contributed by atoms with Crippen LogP contribution in [-0.4, -0.2) is 61.9 Å². The number of carbonyl (C=O) groups is 2. The Morgan fingerprint density at radius 2 is 1.72 bits per heavy atom. The van der Waals surface area contributed by atoms with E-state index < -0.39 is 29.8 Å². The number of fused-ring (bicyclic) bond motifs is 3. The molecule has 3 aliphatic rings. The molecule has 0 radical (unpaired) electrons. The van der Waals surface area contributed by atoms with Crippen LogP contribution >= 0.6 is 0 Å². The maximum atomic E-state index is 14.0. The second kappa shape index (κ2) is 11.9. The molecule has 5 rings (SSSR count). The number of nitrogens with zero attached hydrogens (tertiary/aromatic N) is 4. The van der Waals surface area contributed by atoms with Crippen molar-refractivity contribution in [1.82, 2.24) is 14.5 Å². The number of carboxylic acids is 1. The van der Waals surface area contributed by atoms with Crippen molar-refractivity contribution in [2.75, 3.05) is 6.61 Å². The smallest absolute Gasteiger partial charge is 0.344 e. The van der Waals surface area contributed by atoms with Gasteiger partial charge in [-0.1, -0.05) is 56.3 Å². The summed E-state index contributed by atoms with van der Waals surface area (Å²) in [6.45, 7) is 1.52. The zero-order chi connectivity index (χ0) is 27.5. The van der Waals surface area contributed by atoms with Crippen LogP contribution in [-0.2, 0) is 14.4 Å². The van der Waals surface area contributed by atoms with Gasteiger partial charge in [-0.05, 0) is 56.6 Å². The molecule has 39 heavy (non-hydrogen) atoms. The van der Waals surface area contributed by atoms with Crippen LogP contribution in [0.15, 0.2) is 34.2 Å². The Hall–Kier alpha value is -3.27. The van der Waals surface area contributed by atoms with Crippen LogP contribution < -0.4 is 11.3 Å². The SMILES string of the molecule is CCCC1CCC[C@H](N2[C@@H]3CCC[C@H]2CC(n2c(=O)c(/C(=N/OCC(=O)O)C(N)=O)nc4ccccc42)C3)C1. The Morgan fingerprint density at radius 3 is 2.38 bits per heavy atom. The molecule has 2 aromatic rings. The topological polar surface area (TPSA) is 140 Å². The molecule has 1 saturated carbocycles. The molecule has 1 amide bonds. The Labute approximate surface area is 228 Å². The molecule has 3 heterocycles. The number of para-hydroxylation sites is 2. The fourth-order valence-electron chi connectivity index (χ4n) is 7.43. The van der Waals surface area contributed by atoms with Crippen LogP contribution in [0.2, 0.25) is 0 Å². The summed E-state index contributed by atoms with van der Waals surface area (Å²) in [4.78, 5) is 49.2. The van der Waals surface area contributed by atoms with Gasteiger partial charge in [0.15, 0.2) is 11.4 Å². The minimum Gasteiger partial charge on any atom is -0.479 e. The summed E-state index contributed by atoms with van der Waals surface area (Å²) in [5, 5.41) is 12.5. The zero-order valence-corrected chi connectivity index (χ0v) is 22.6. The van der Waals surface area contributed by atoms with Crippen LogP contribution in [0.5, 0.6) is 0 Å². The van der Waals surface area contributed by atoms with Gasteiger partial charge in [0.2, 0.25) is 6.61 Å². The standard InChI is InChI=1S/C29H39N5O5/c1-2-7-18-8-5-9-19(14-18)33-20-10-6-11-21(33)16-22(15-20)34-24-13-4-3-12-23(24)31-27(29(34)38)26(28(30)37)32-39-17-25(35)36/h3-4,12-13,18-22H,2,5-11,14-17H2,1H3,(H2,30,37)(H,35,36)/b32-26-/t18?,19-,20-,21+,22?/m0/s1. The first-order chi connectivity index (χ1) is 18.9. The lowest BCUT2D eigenvalue weighted by molar-refractivity contribution is -0.142. The lowest BCUT2D eigenvalue weighted by atomic mass is 9.76. The number of benzene rings is 1. The number of hydrogen-bond acceptors (Lipinski definition) is 7. The van der Waals surface area contributed by atoms with Gasteiger partial charge < -0.3 is 20.2 Å². The Morgan fingerprint density at radius 1 is 1.05 bits per heavy atom. The van der Waals surface area contributed by atoms with Gasteiger partial charge in [0.05, 0.1) is 11.0 Å². The predicted octanol–water partition coefficient (Wildman–Crippen LogP) is 3.60. The molecule has 210 valence electrons. The first-order valence-corrected chi connectivity index (χ1v) is 14.4. The molecule has 5 atom stereocenters. The first-order valence-electron chi connectivity index (χ1n) is 14.4. The van der Waals surface area contributed by atoms with E-state index in [4.69, 9.17) is 15.7 Å². The monoisotopic (exact) mass is 537 g/mol. The largest absolute Gasteiger partial charge is 0.479 e. The number of aliphatic carboxylic acids is 1. The van der Waals surface area contributed by atoms with Gasteiger partial charge in [-0.15, -0.1) is 0 Å². The van der Waals surface area contributed by atoms with Gasteiger partial charge in [0.1, 0.15) is 0 Å². The number of oxime groups is 1. The summed E-state index contributed by atoms with van der Waals surface area (Å²) in [5.41, 5.74) is 5.65. The van der Waals surface area contributed by atoms with E-state index in [9.17, 15) is 14.4 Å². The molecule has 2 unspecified atom stereocenters. The average Bonchev–Trinajstić information content (AvgIpc) is 2.90. The molecule has 10 nitrogen and oxygen atoms in total. The normalized spacial score (nSPS) is 27.8. The lowest BCUT2D eigenvalue weighted by Gasteiger charge is -2.54. The van der Waals surface area contributed by atoms with Crippen molar-refractivity contribution in [3.63, 3.8) is 0 Å². The van der Waals surface area contributed by atoms with Crippen molar-refractivity contribution >= 4 is 28.6 Å². The lowest BCUT2D eigenvalue weighted by Crippen LogP contribution is -2.58. The van der Waals surface area contributed by atoms with Crippen LogP contribution in [0.1, 0.15) is 89.3 Å². The van der Waals surface area contributed by atoms with Crippen molar-refractivity contribution in [1.29, 1.82) is 0 Å². The van der Waals surface area contributed by atoms with Crippen molar-refractivity contribution in [2.24, 2.45) is 16.8 Å². The molecule has 3 fully saturated rings. The molecule has 2 saturated heterocycles. The second-order valence-corrected chi connectivity index (χ2v) is 11.4. The van der Waals surface area contributed by atoms with E-state index in [2.05, 4.69) is 22.0 Å². The third-order valence-corrected chi connectivity index (χ3v) is 8.84. The quantitative estimate of drug-likeness (QED) is 0.368. The number of aromatic nitrogens is 2. The highest BCUT2D eigenvalue weighted by Gasteiger charge is 2.43. The maximum Gasteiger partial charge on any atom is 0.344 e. The molecule has 2 bridgehead atoms. The molecule has 2 aliphatic heterocycles. The van der Waals surface area contributed by atoms with Crippen LogP contribution in [0.3, 0.4) is 0 Å². The number of nitrogens with two attached hydrogens (primary N) is 1. The van der Waals surface area contributed by atoms with E-state index in [-0.39, 0.29) is 11.7 Å². The molecular weight excluding hydrogens is 498 g/mol. The summed E-state index contributed by atoms with van der Waals surface area (Å²) in [6, 6.07) is 8.77. The van der Waals surface area contributed by atoms with E-state index in [0.717, 1.165) is 31.6 Å². The fraction of sp³-hybridized carbons (Fsp3) is 0.621. The van der Waals surface area contributed by atoms with Crippen molar-refractivity contribution in [3.05, 3.63) is 40.3 Å². The number of amides is 1. The average molecular weight is 538 g/mol. The van der Waals surface area contributed by atoms with Crippen LogP contribution in [0.25, 0.3) is 11.0 Å². The Bertz CT molecular complexity index is 1290. The third kappa shape index (κ3) is 5.71. The fourth-order valence-corrected chi connectivity index (χ4v) is 7.43. The Kier molecular flexibility index (Phi) is 8.30. The highest BCUT2D eigenvalue weighted by Crippen LogP contribution is 2.44. The van der Waals surface area contributed by atoms with Gasteiger partial charge in [0.25, 0.3) is 11.5 Å². The molecule has 3 N–H and O–H groups in total.